The lowest BCUT2D eigenvalue weighted by Crippen LogP contribution is -2.37. The molecule has 3 unspecified atom stereocenters. The van der Waals surface area contributed by atoms with Crippen molar-refractivity contribution in [3.05, 3.63) is 0 Å². The van der Waals surface area contributed by atoms with Crippen LogP contribution in [0.2, 0.25) is 0 Å². The topological polar surface area (TPSA) is 57.6 Å². The van der Waals surface area contributed by atoms with Gasteiger partial charge in [-0.2, -0.15) is 11.8 Å². The zero-order chi connectivity index (χ0) is 12.4. The summed E-state index contributed by atoms with van der Waals surface area (Å²) in [5.41, 5.74) is 0. The molecule has 2 rings (SSSR count). The summed E-state index contributed by atoms with van der Waals surface area (Å²) < 4.78 is 0. The number of nitrogens with zero attached hydrogens (tertiary/aromatic N) is 1. The lowest BCUT2D eigenvalue weighted by molar-refractivity contribution is -0.141. The van der Waals surface area contributed by atoms with E-state index in [1.165, 1.54) is 6.42 Å². The molecular weight excluding hydrogens is 238 g/mol. The van der Waals surface area contributed by atoms with Crippen LogP contribution in [0.4, 0.5) is 0 Å². The number of thioether (sulfide) groups is 1. The van der Waals surface area contributed by atoms with Gasteiger partial charge in [0, 0.05) is 18.3 Å². The van der Waals surface area contributed by atoms with Crippen LogP contribution in [0, 0.1) is 11.8 Å². The lowest BCUT2D eigenvalue weighted by Gasteiger charge is -2.23. The van der Waals surface area contributed by atoms with Crippen LogP contribution in [-0.4, -0.2) is 46.5 Å². The maximum Gasteiger partial charge on any atom is 0.307 e. The van der Waals surface area contributed by atoms with E-state index in [0.29, 0.717) is 11.7 Å². The largest absolute Gasteiger partial charge is 0.481 e. The summed E-state index contributed by atoms with van der Waals surface area (Å²) >= 11 is 1.81. The van der Waals surface area contributed by atoms with Gasteiger partial charge in [0.1, 0.15) is 0 Å². The fraction of sp³-hybridized carbons (Fsp3) is 0.833. The minimum absolute atomic E-state index is 0.0679. The Bertz CT molecular complexity index is 321. The molecule has 1 saturated heterocycles. The minimum Gasteiger partial charge on any atom is -0.481 e. The Kier molecular flexibility index (Phi) is 3.97. The van der Waals surface area contributed by atoms with E-state index in [9.17, 15) is 9.59 Å². The fourth-order valence-electron chi connectivity index (χ4n) is 2.47. The van der Waals surface area contributed by atoms with Gasteiger partial charge in [0.15, 0.2) is 0 Å². The van der Waals surface area contributed by atoms with Crippen LogP contribution in [-0.2, 0) is 9.59 Å². The lowest BCUT2D eigenvalue weighted by atomic mass is 10.2. The summed E-state index contributed by atoms with van der Waals surface area (Å²) in [6, 6.07) is 0. The highest BCUT2D eigenvalue weighted by molar-refractivity contribution is 7.99. The first-order valence-corrected chi connectivity index (χ1v) is 7.46. The van der Waals surface area contributed by atoms with Crippen LogP contribution < -0.4 is 0 Å². The predicted molar refractivity (Wildman–Crippen MR) is 67.0 cm³/mol. The van der Waals surface area contributed by atoms with Crippen molar-refractivity contribution in [3.63, 3.8) is 0 Å². The molecule has 17 heavy (non-hydrogen) atoms. The highest BCUT2D eigenvalue weighted by Gasteiger charge is 2.49. The van der Waals surface area contributed by atoms with Crippen molar-refractivity contribution in [1.82, 2.24) is 4.90 Å². The normalized spacial score (nSPS) is 33.0. The van der Waals surface area contributed by atoms with E-state index >= 15 is 0 Å². The number of rotatable bonds is 3. The Labute approximate surface area is 106 Å². The second kappa shape index (κ2) is 5.29. The van der Waals surface area contributed by atoms with Gasteiger partial charge in [0.2, 0.25) is 5.91 Å². The Morgan fingerprint density at radius 2 is 2.06 bits per heavy atom. The van der Waals surface area contributed by atoms with Crippen molar-refractivity contribution in [3.8, 4) is 0 Å². The summed E-state index contributed by atoms with van der Waals surface area (Å²) in [4.78, 5) is 24.8. The molecule has 5 heteroatoms. The Balaban J connectivity index is 1.92. The number of carbonyl (C=O) groups excluding carboxylic acids is 1. The maximum atomic E-state index is 12.1. The number of likely N-dealkylation sites (tertiary alicyclic amines) is 1. The molecule has 4 nitrogen and oxygen atoms in total. The summed E-state index contributed by atoms with van der Waals surface area (Å²) in [7, 11) is 0. The molecule has 0 spiro atoms. The third kappa shape index (κ3) is 2.94. The summed E-state index contributed by atoms with van der Waals surface area (Å²) in [6.45, 7) is 1.60. The van der Waals surface area contributed by atoms with E-state index in [1.54, 1.807) is 0 Å². The van der Waals surface area contributed by atoms with Crippen molar-refractivity contribution in [2.75, 3.05) is 19.3 Å². The highest BCUT2D eigenvalue weighted by Crippen LogP contribution is 2.40. The first-order chi connectivity index (χ1) is 8.13. The minimum atomic E-state index is -0.820. The molecule has 0 aromatic carbocycles. The quantitative estimate of drug-likeness (QED) is 0.831. The molecule has 0 aromatic heterocycles. The van der Waals surface area contributed by atoms with Gasteiger partial charge in [-0.15, -0.1) is 0 Å². The van der Waals surface area contributed by atoms with E-state index in [4.69, 9.17) is 5.11 Å². The summed E-state index contributed by atoms with van der Waals surface area (Å²) in [6.07, 6.45) is 6.00. The van der Waals surface area contributed by atoms with Gasteiger partial charge >= 0.3 is 5.97 Å². The zero-order valence-corrected chi connectivity index (χ0v) is 10.9. The SMILES string of the molecule is CSC1CCCCN(C(=O)C2CC2C(=O)O)C1. The third-order valence-corrected chi connectivity index (χ3v) is 4.75. The number of hydrogen-bond acceptors (Lipinski definition) is 3. The third-order valence-electron chi connectivity index (χ3n) is 3.70. The first kappa shape index (κ1) is 12.7. The monoisotopic (exact) mass is 257 g/mol. The van der Waals surface area contributed by atoms with E-state index in [2.05, 4.69) is 6.26 Å². The number of carbonyl (C=O) groups is 2. The molecule has 0 bridgehead atoms. The average Bonchev–Trinajstić information content (AvgIpc) is 3.11. The number of aliphatic carboxylic acids is 1. The van der Waals surface area contributed by atoms with Crippen molar-refractivity contribution in [1.29, 1.82) is 0 Å². The summed E-state index contributed by atoms with van der Waals surface area (Å²) in [5.74, 6) is -1.41. The average molecular weight is 257 g/mol. The second-order valence-electron chi connectivity index (χ2n) is 4.92. The second-order valence-corrected chi connectivity index (χ2v) is 6.06. The highest BCUT2D eigenvalue weighted by atomic mass is 32.2. The van der Waals surface area contributed by atoms with Gasteiger partial charge in [0.05, 0.1) is 11.8 Å². The molecule has 1 heterocycles. The molecule has 1 saturated carbocycles. The van der Waals surface area contributed by atoms with Crippen molar-refractivity contribution in [2.45, 2.75) is 30.9 Å². The van der Waals surface area contributed by atoms with Crippen LogP contribution in [0.3, 0.4) is 0 Å². The van der Waals surface area contributed by atoms with E-state index in [-0.39, 0.29) is 11.8 Å². The molecule has 2 fully saturated rings. The molecule has 0 radical (unpaired) electrons. The molecule has 2 aliphatic rings. The van der Waals surface area contributed by atoms with Crippen LogP contribution in [0.1, 0.15) is 25.7 Å². The van der Waals surface area contributed by atoms with Crippen molar-refractivity contribution in [2.24, 2.45) is 11.8 Å². The fourth-order valence-corrected chi connectivity index (χ4v) is 3.20. The molecule has 1 aliphatic carbocycles. The molecular formula is C12H19NO3S. The predicted octanol–water partition coefficient (Wildman–Crippen LogP) is 1.45. The van der Waals surface area contributed by atoms with Gasteiger partial charge in [-0.05, 0) is 25.5 Å². The Hall–Kier alpha value is -0.710. The Morgan fingerprint density at radius 1 is 1.29 bits per heavy atom. The van der Waals surface area contributed by atoms with Crippen molar-refractivity contribution >= 4 is 23.6 Å². The van der Waals surface area contributed by atoms with E-state index < -0.39 is 11.9 Å². The van der Waals surface area contributed by atoms with Gasteiger partial charge in [-0.1, -0.05) is 6.42 Å². The van der Waals surface area contributed by atoms with Crippen LogP contribution >= 0.6 is 11.8 Å². The number of carboxylic acids is 1. The van der Waals surface area contributed by atoms with Crippen molar-refractivity contribution < 1.29 is 14.7 Å². The van der Waals surface area contributed by atoms with E-state index in [0.717, 1.165) is 25.9 Å². The number of hydrogen-bond donors (Lipinski definition) is 1. The zero-order valence-electron chi connectivity index (χ0n) is 10.1. The van der Waals surface area contributed by atoms with Gasteiger partial charge in [-0.25, -0.2) is 0 Å². The van der Waals surface area contributed by atoms with Gasteiger partial charge < -0.3 is 10.0 Å². The van der Waals surface area contributed by atoms with Gasteiger partial charge in [-0.3, -0.25) is 9.59 Å². The first-order valence-electron chi connectivity index (χ1n) is 6.18. The van der Waals surface area contributed by atoms with Crippen LogP contribution in [0.25, 0.3) is 0 Å². The molecule has 3 atom stereocenters. The van der Waals surface area contributed by atoms with Crippen LogP contribution in [0.5, 0.6) is 0 Å². The number of carboxylic acid groups (broad SMARTS) is 1. The number of amides is 1. The molecule has 1 N–H and O–H groups in total. The molecule has 1 aliphatic heterocycles. The van der Waals surface area contributed by atoms with E-state index in [1.807, 2.05) is 16.7 Å². The molecule has 96 valence electrons. The smallest absolute Gasteiger partial charge is 0.307 e. The van der Waals surface area contributed by atoms with Gasteiger partial charge in [0.25, 0.3) is 0 Å². The Morgan fingerprint density at radius 3 is 2.65 bits per heavy atom. The summed E-state index contributed by atoms with van der Waals surface area (Å²) in [5, 5.41) is 9.37. The standard InChI is InChI=1S/C12H19NO3S/c1-17-8-4-2-3-5-13(7-8)11(14)9-6-10(9)12(15)16/h8-10H,2-7H2,1H3,(H,15,16). The maximum absolute atomic E-state index is 12.1. The molecule has 1 amide bonds. The van der Waals surface area contributed by atoms with Crippen LogP contribution in [0.15, 0.2) is 0 Å². The molecule has 0 aromatic rings.